The molecular weight excluding hydrogens is 278 g/mol. The van der Waals surface area contributed by atoms with Crippen molar-refractivity contribution >= 4 is 11.6 Å². The Morgan fingerprint density at radius 3 is 2.90 bits per heavy atom. The molecule has 1 aromatic heterocycles. The number of hydrogen-bond donors (Lipinski definition) is 2. The van der Waals surface area contributed by atoms with Crippen molar-refractivity contribution in [1.29, 1.82) is 0 Å². The second kappa shape index (κ2) is 5.82. The van der Waals surface area contributed by atoms with Gasteiger partial charge in [-0.25, -0.2) is 0 Å². The average Bonchev–Trinajstić information content (AvgIpc) is 3.03. The van der Waals surface area contributed by atoms with Crippen LogP contribution in [0.2, 0.25) is 0 Å². The second-order valence-electron chi connectivity index (χ2n) is 5.55. The molecule has 1 aliphatic heterocycles. The monoisotopic (exact) mass is 297 g/mol. The minimum absolute atomic E-state index is 0.0584. The Kier molecular flexibility index (Phi) is 4.29. The van der Waals surface area contributed by atoms with Crippen molar-refractivity contribution in [2.75, 3.05) is 19.8 Å². The standard InChI is InChI=1S/C13H19N3O5/c1-9(2)15-6-10(16(19)20)5-11(15)12(17)14-7-13(18)3-4-21-8-13/h5-6,9,18H,3-4,7-8H2,1-2H3,(H,14,17). The van der Waals surface area contributed by atoms with Crippen LogP contribution < -0.4 is 5.32 Å². The highest BCUT2D eigenvalue weighted by atomic mass is 16.6. The number of hydrogen-bond acceptors (Lipinski definition) is 5. The maximum atomic E-state index is 12.2. The molecule has 1 fully saturated rings. The lowest BCUT2D eigenvalue weighted by molar-refractivity contribution is -0.384. The first-order valence-electron chi connectivity index (χ1n) is 6.77. The van der Waals surface area contributed by atoms with Crippen molar-refractivity contribution in [2.24, 2.45) is 0 Å². The zero-order chi connectivity index (χ0) is 15.6. The average molecular weight is 297 g/mol. The number of nitrogens with one attached hydrogen (secondary N) is 1. The first kappa shape index (κ1) is 15.5. The third-order valence-electron chi connectivity index (χ3n) is 3.49. The van der Waals surface area contributed by atoms with Crippen LogP contribution in [0.1, 0.15) is 36.8 Å². The highest BCUT2D eigenvalue weighted by molar-refractivity contribution is 5.93. The number of aromatic nitrogens is 1. The van der Waals surface area contributed by atoms with Crippen molar-refractivity contribution in [3.8, 4) is 0 Å². The molecule has 1 aliphatic rings. The Morgan fingerprint density at radius 1 is 1.67 bits per heavy atom. The summed E-state index contributed by atoms with van der Waals surface area (Å²) in [6.45, 7) is 4.36. The number of carbonyl (C=O) groups is 1. The summed E-state index contributed by atoms with van der Waals surface area (Å²) in [7, 11) is 0. The van der Waals surface area contributed by atoms with Crippen molar-refractivity contribution in [3.05, 3.63) is 28.1 Å². The van der Waals surface area contributed by atoms with Crippen molar-refractivity contribution in [3.63, 3.8) is 0 Å². The van der Waals surface area contributed by atoms with Crippen LogP contribution in [0.15, 0.2) is 12.3 Å². The van der Waals surface area contributed by atoms with Gasteiger partial charge in [-0.05, 0) is 13.8 Å². The highest BCUT2D eigenvalue weighted by Crippen LogP contribution is 2.21. The topological polar surface area (TPSA) is 107 Å². The van der Waals surface area contributed by atoms with Gasteiger partial charge in [-0.2, -0.15) is 0 Å². The van der Waals surface area contributed by atoms with E-state index in [0.717, 1.165) is 0 Å². The first-order chi connectivity index (χ1) is 9.82. The number of aliphatic hydroxyl groups is 1. The van der Waals surface area contributed by atoms with E-state index < -0.39 is 16.4 Å². The lowest BCUT2D eigenvalue weighted by atomic mass is 10.0. The van der Waals surface area contributed by atoms with Crippen LogP contribution in [0.5, 0.6) is 0 Å². The summed E-state index contributed by atoms with van der Waals surface area (Å²) >= 11 is 0. The van der Waals surface area contributed by atoms with Gasteiger partial charge >= 0.3 is 0 Å². The summed E-state index contributed by atoms with van der Waals surface area (Å²) in [5.41, 5.74) is -0.979. The molecule has 0 aromatic carbocycles. The Labute approximate surface area is 121 Å². The van der Waals surface area contributed by atoms with Crippen LogP contribution in [0.4, 0.5) is 5.69 Å². The molecular formula is C13H19N3O5. The van der Waals surface area contributed by atoms with Crippen molar-refractivity contribution < 1.29 is 19.6 Å². The van der Waals surface area contributed by atoms with Crippen LogP contribution in [0, 0.1) is 10.1 Å². The van der Waals surface area contributed by atoms with Gasteiger partial charge in [-0.3, -0.25) is 14.9 Å². The molecule has 1 saturated heterocycles. The lowest BCUT2D eigenvalue weighted by Crippen LogP contribution is -2.43. The van der Waals surface area contributed by atoms with E-state index in [-0.39, 0.29) is 30.6 Å². The summed E-state index contributed by atoms with van der Waals surface area (Å²) in [6, 6.07) is 1.15. The zero-order valence-electron chi connectivity index (χ0n) is 12.0. The third-order valence-corrected chi connectivity index (χ3v) is 3.49. The first-order valence-corrected chi connectivity index (χ1v) is 6.77. The van der Waals surface area contributed by atoms with Gasteiger partial charge in [0.25, 0.3) is 11.6 Å². The molecule has 2 heterocycles. The summed E-state index contributed by atoms with van der Waals surface area (Å²) < 4.78 is 6.64. The Balaban J connectivity index is 2.12. The highest BCUT2D eigenvalue weighted by Gasteiger charge is 2.33. The number of nitro groups is 1. The van der Waals surface area contributed by atoms with Gasteiger partial charge in [0, 0.05) is 31.7 Å². The molecule has 1 atom stereocenters. The Hall–Kier alpha value is -1.93. The fourth-order valence-electron chi connectivity index (χ4n) is 2.25. The zero-order valence-corrected chi connectivity index (χ0v) is 12.0. The van der Waals surface area contributed by atoms with E-state index in [1.165, 1.54) is 12.3 Å². The predicted octanol–water partition coefficient (Wildman–Crippen LogP) is 0.858. The molecule has 0 radical (unpaired) electrons. The van der Waals surface area contributed by atoms with E-state index in [4.69, 9.17) is 4.74 Å². The van der Waals surface area contributed by atoms with Gasteiger partial charge in [0.05, 0.1) is 17.7 Å². The predicted molar refractivity (Wildman–Crippen MR) is 74.2 cm³/mol. The minimum Gasteiger partial charge on any atom is -0.386 e. The minimum atomic E-state index is -1.06. The van der Waals surface area contributed by atoms with Crippen LogP contribution in [0.25, 0.3) is 0 Å². The van der Waals surface area contributed by atoms with Crippen molar-refractivity contribution in [1.82, 2.24) is 9.88 Å². The maximum absolute atomic E-state index is 12.2. The smallest absolute Gasteiger partial charge is 0.287 e. The van der Waals surface area contributed by atoms with Crippen molar-refractivity contribution in [2.45, 2.75) is 31.9 Å². The Morgan fingerprint density at radius 2 is 2.38 bits per heavy atom. The second-order valence-corrected chi connectivity index (χ2v) is 5.55. The molecule has 0 spiro atoms. The van der Waals surface area contributed by atoms with E-state index in [1.807, 2.05) is 13.8 Å². The molecule has 21 heavy (non-hydrogen) atoms. The van der Waals surface area contributed by atoms with Crippen LogP contribution in [-0.4, -0.2) is 45.9 Å². The van der Waals surface area contributed by atoms with E-state index in [1.54, 1.807) is 4.57 Å². The van der Waals surface area contributed by atoms with Gasteiger partial charge in [-0.15, -0.1) is 0 Å². The lowest BCUT2D eigenvalue weighted by Gasteiger charge is -2.21. The van der Waals surface area contributed by atoms with Gasteiger partial charge in [0.15, 0.2) is 0 Å². The fraction of sp³-hybridized carbons (Fsp3) is 0.615. The largest absolute Gasteiger partial charge is 0.386 e. The summed E-state index contributed by atoms with van der Waals surface area (Å²) in [4.78, 5) is 22.5. The number of amides is 1. The molecule has 2 N–H and O–H groups in total. The van der Waals surface area contributed by atoms with Crippen LogP contribution in [-0.2, 0) is 4.74 Å². The van der Waals surface area contributed by atoms with Gasteiger partial charge < -0.3 is 19.7 Å². The van der Waals surface area contributed by atoms with E-state index in [9.17, 15) is 20.0 Å². The quantitative estimate of drug-likeness (QED) is 0.619. The number of rotatable bonds is 5. The molecule has 8 heteroatoms. The van der Waals surface area contributed by atoms with Gasteiger partial charge in [-0.1, -0.05) is 0 Å². The molecule has 1 aromatic rings. The maximum Gasteiger partial charge on any atom is 0.287 e. The summed E-state index contributed by atoms with van der Waals surface area (Å²) in [6.07, 6.45) is 1.80. The fourth-order valence-corrected chi connectivity index (χ4v) is 2.25. The third kappa shape index (κ3) is 3.40. The number of nitrogens with zero attached hydrogens (tertiary/aromatic N) is 2. The molecule has 1 amide bonds. The molecule has 1 unspecified atom stereocenters. The molecule has 2 rings (SSSR count). The Bertz CT molecular complexity index is 546. The van der Waals surface area contributed by atoms with Crippen LogP contribution in [0.3, 0.4) is 0 Å². The molecule has 0 saturated carbocycles. The molecule has 8 nitrogen and oxygen atoms in total. The molecule has 116 valence electrons. The summed E-state index contributed by atoms with van der Waals surface area (Å²) in [5, 5.41) is 23.6. The molecule has 0 aliphatic carbocycles. The number of ether oxygens (including phenoxy) is 1. The number of carbonyl (C=O) groups excluding carboxylic acids is 1. The van der Waals surface area contributed by atoms with E-state index in [0.29, 0.717) is 13.0 Å². The normalized spacial score (nSPS) is 21.7. The SMILES string of the molecule is CC(C)n1cc([N+](=O)[O-])cc1C(=O)NCC1(O)CCOC1. The molecule has 0 bridgehead atoms. The summed E-state index contributed by atoms with van der Waals surface area (Å²) in [5.74, 6) is -0.447. The van der Waals surface area contributed by atoms with Gasteiger partial charge in [0.2, 0.25) is 0 Å². The van der Waals surface area contributed by atoms with Crippen LogP contribution >= 0.6 is 0 Å². The van der Waals surface area contributed by atoms with Gasteiger partial charge in [0.1, 0.15) is 11.3 Å². The van der Waals surface area contributed by atoms with E-state index in [2.05, 4.69) is 5.32 Å². The van der Waals surface area contributed by atoms with E-state index >= 15 is 0 Å².